The maximum atomic E-state index is 12.6. The second-order valence-corrected chi connectivity index (χ2v) is 9.17. The van der Waals surface area contributed by atoms with E-state index in [1.54, 1.807) is 24.8 Å². The Balaban J connectivity index is 1.30. The van der Waals surface area contributed by atoms with Crippen LogP contribution in [-0.4, -0.2) is 57.8 Å². The van der Waals surface area contributed by atoms with E-state index in [-0.39, 0.29) is 5.91 Å². The number of fused-ring (bicyclic) bond motifs is 3. The quantitative estimate of drug-likeness (QED) is 0.482. The molecular formula is C23H24N6O2S. The Bertz CT molecular complexity index is 1300. The highest BCUT2D eigenvalue weighted by molar-refractivity contribution is 7.25. The van der Waals surface area contributed by atoms with E-state index in [9.17, 15) is 4.79 Å². The zero-order chi connectivity index (χ0) is 22.2. The van der Waals surface area contributed by atoms with Crippen molar-refractivity contribution in [1.29, 1.82) is 0 Å². The van der Waals surface area contributed by atoms with Crippen LogP contribution < -0.4 is 5.32 Å². The number of nitrogens with zero attached hydrogens (tertiary/aromatic N) is 5. The highest BCUT2D eigenvalue weighted by Crippen LogP contribution is 2.36. The lowest BCUT2D eigenvalue weighted by atomic mass is 9.99. The highest BCUT2D eigenvalue weighted by Gasteiger charge is 2.30. The summed E-state index contributed by atoms with van der Waals surface area (Å²) in [4.78, 5) is 24.3. The van der Waals surface area contributed by atoms with Gasteiger partial charge >= 0.3 is 0 Å². The molecule has 0 radical (unpaired) electrons. The molecule has 32 heavy (non-hydrogen) atoms. The summed E-state index contributed by atoms with van der Waals surface area (Å²) in [5, 5.41) is 13.0. The first-order chi connectivity index (χ1) is 15.5. The number of aryl methyl sites for hydroxylation is 2. The number of ether oxygens (including phenoxy) is 1. The van der Waals surface area contributed by atoms with Gasteiger partial charge in [-0.15, -0.1) is 16.4 Å². The monoisotopic (exact) mass is 448 g/mol. The molecule has 1 amide bonds. The van der Waals surface area contributed by atoms with Gasteiger partial charge in [0.05, 0.1) is 22.5 Å². The van der Waals surface area contributed by atoms with Crippen LogP contribution in [0.1, 0.15) is 27.2 Å². The van der Waals surface area contributed by atoms with E-state index in [0.29, 0.717) is 24.6 Å². The highest BCUT2D eigenvalue weighted by atomic mass is 32.1. The maximum absolute atomic E-state index is 12.6. The topological polar surface area (TPSA) is 93.1 Å². The third-order valence-electron chi connectivity index (χ3n) is 5.97. The minimum absolute atomic E-state index is 0.0754. The van der Waals surface area contributed by atoms with Crippen LogP contribution in [-0.2, 0) is 11.3 Å². The van der Waals surface area contributed by atoms with Gasteiger partial charge in [0.1, 0.15) is 17.0 Å². The number of methoxy groups -OCH3 is 1. The second kappa shape index (κ2) is 8.40. The summed E-state index contributed by atoms with van der Waals surface area (Å²) in [5.74, 6) is 1.30. The van der Waals surface area contributed by atoms with Crippen molar-refractivity contribution in [2.75, 3.05) is 32.1 Å². The van der Waals surface area contributed by atoms with Gasteiger partial charge in [0.2, 0.25) is 0 Å². The van der Waals surface area contributed by atoms with Gasteiger partial charge in [-0.3, -0.25) is 4.79 Å². The number of hydrogen-bond donors (Lipinski definition) is 1. The lowest BCUT2D eigenvalue weighted by Gasteiger charge is -2.38. The van der Waals surface area contributed by atoms with Crippen molar-refractivity contribution in [3.05, 3.63) is 53.0 Å². The number of rotatable bonds is 6. The molecule has 0 unspecified atom stereocenters. The van der Waals surface area contributed by atoms with Crippen LogP contribution in [0.25, 0.3) is 20.4 Å². The number of likely N-dealkylation sites (tertiary alicyclic amines) is 1. The first-order valence-electron chi connectivity index (χ1n) is 10.5. The molecule has 164 valence electrons. The lowest BCUT2D eigenvalue weighted by Crippen LogP contribution is -2.51. The number of benzene rings is 1. The van der Waals surface area contributed by atoms with Crippen molar-refractivity contribution in [1.82, 2.24) is 25.1 Å². The van der Waals surface area contributed by atoms with Gasteiger partial charge in [0.15, 0.2) is 0 Å². The van der Waals surface area contributed by atoms with Crippen LogP contribution in [0.15, 0.2) is 30.6 Å². The molecule has 5 rings (SSSR count). The number of amides is 1. The standard InChI is InChI=1S/C23H24N6O2S/c1-13-14(2)27-28-22-18(13)19-20(32-22)21(26-12-25-19)24-8-15-4-6-17(7-5-15)23(30)29-9-16(10-29)11-31-3/h4-7,12,16H,8-11H2,1-3H3,(H,24,25,26). The van der Waals surface area contributed by atoms with E-state index >= 15 is 0 Å². The third kappa shape index (κ3) is 3.67. The number of thiophene rings is 1. The van der Waals surface area contributed by atoms with Gasteiger partial charge in [0.25, 0.3) is 5.91 Å². The molecule has 0 atom stereocenters. The van der Waals surface area contributed by atoms with Gasteiger partial charge < -0.3 is 15.0 Å². The molecule has 1 fully saturated rings. The van der Waals surface area contributed by atoms with Crippen LogP contribution in [0.5, 0.6) is 0 Å². The van der Waals surface area contributed by atoms with E-state index < -0.39 is 0 Å². The molecular weight excluding hydrogens is 424 g/mol. The molecule has 9 heteroatoms. The predicted molar refractivity (Wildman–Crippen MR) is 125 cm³/mol. The summed E-state index contributed by atoms with van der Waals surface area (Å²) in [6, 6.07) is 7.74. The van der Waals surface area contributed by atoms with Crippen LogP contribution in [0.4, 0.5) is 5.82 Å². The molecule has 0 bridgehead atoms. The Morgan fingerprint density at radius 2 is 1.97 bits per heavy atom. The number of carbonyl (C=O) groups is 1. The van der Waals surface area contributed by atoms with E-state index in [2.05, 4.69) is 32.4 Å². The first-order valence-corrected chi connectivity index (χ1v) is 11.3. The zero-order valence-corrected chi connectivity index (χ0v) is 19.1. The molecule has 0 saturated carbocycles. The fourth-order valence-electron chi connectivity index (χ4n) is 4.02. The summed E-state index contributed by atoms with van der Waals surface area (Å²) in [6.45, 7) is 6.83. The smallest absolute Gasteiger partial charge is 0.253 e. The minimum Gasteiger partial charge on any atom is -0.384 e. The number of carbonyl (C=O) groups excluding carboxylic acids is 1. The Morgan fingerprint density at radius 3 is 2.72 bits per heavy atom. The van der Waals surface area contributed by atoms with Crippen LogP contribution in [0.3, 0.4) is 0 Å². The molecule has 8 nitrogen and oxygen atoms in total. The molecule has 1 aromatic carbocycles. The first kappa shape index (κ1) is 20.7. The normalized spacial score (nSPS) is 14.2. The number of nitrogens with one attached hydrogen (secondary N) is 1. The van der Waals surface area contributed by atoms with Crippen molar-refractivity contribution in [2.24, 2.45) is 5.92 Å². The van der Waals surface area contributed by atoms with E-state index in [1.165, 1.54) is 0 Å². The number of aromatic nitrogens is 4. The largest absolute Gasteiger partial charge is 0.384 e. The van der Waals surface area contributed by atoms with E-state index in [4.69, 9.17) is 4.74 Å². The average molecular weight is 449 g/mol. The van der Waals surface area contributed by atoms with Gasteiger partial charge in [0, 0.05) is 43.6 Å². The molecule has 4 aromatic rings. The Morgan fingerprint density at radius 1 is 1.19 bits per heavy atom. The molecule has 1 N–H and O–H groups in total. The average Bonchev–Trinajstić information content (AvgIpc) is 3.17. The van der Waals surface area contributed by atoms with Crippen molar-refractivity contribution in [3.63, 3.8) is 0 Å². The number of hydrogen-bond acceptors (Lipinski definition) is 8. The zero-order valence-electron chi connectivity index (χ0n) is 18.3. The Hall–Kier alpha value is -3.17. The predicted octanol–water partition coefficient (Wildman–Crippen LogP) is 3.58. The number of anilines is 1. The van der Waals surface area contributed by atoms with Crippen LogP contribution in [0.2, 0.25) is 0 Å². The summed E-state index contributed by atoms with van der Waals surface area (Å²) in [6.07, 6.45) is 1.58. The molecule has 1 saturated heterocycles. The molecule has 1 aliphatic rings. The van der Waals surface area contributed by atoms with Crippen LogP contribution >= 0.6 is 11.3 Å². The summed E-state index contributed by atoms with van der Waals surface area (Å²) >= 11 is 1.55. The fraction of sp³-hybridized carbons (Fsp3) is 0.348. The molecule has 4 heterocycles. The molecule has 0 spiro atoms. The summed E-state index contributed by atoms with van der Waals surface area (Å²) in [7, 11) is 1.70. The fourth-order valence-corrected chi connectivity index (χ4v) is 5.12. The minimum atomic E-state index is 0.0754. The molecule has 3 aromatic heterocycles. The van der Waals surface area contributed by atoms with Crippen LogP contribution in [0, 0.1) is 19.8 Å². The van der Waals surface area contributed by atoms with Crippen molar-refractivity contribution >= 4 is 43.5 Å². The van der Waals surface area contributed by atoms with Crippen molar-refractivity contribution in [2.45, 2.75) is 20.4 Å². The Labute approximate surface area is 189 Å². The molecule has 1 aliphatic heterocycles. The second-order valence-electron chi connectivity index (χ2n) is 8.17. The molecule has 0 aliphatic carbocycles. The van der Waals surface area contributed by atoms with Crippen molar-refractivity contribution in [3.8, 4) is 0 Å². The Kier molecular flexibility index (Phi) is 5.44. The van der Waals surface area contributed by atoms with Crippen molar-refractivity contribution < 1.29 is 9.53 Å². The summed E-state index contributed by atoms with van der Waals surface area (Å²) in [5.41, 5.74) is 4.69. The van der Waals surface area contributed by atoms with Gasteiger partial charge in [-0.1, -0.05) is 12.1 Å². The SMILES string of the molecule is COCC1CN(C(=O)c2ccc(CNc3ncnc4c3sc3nnc(C)c(C)c34)cc2)C1. The third-order valence-corrected chi connectivity index (χ3v) is 7.04. The van der Waals surface area contributed by atoms with Gasteiger partial charge in [-0.05, 0) is 37.1 Å². The maximum Gasteiger partial charge on any atom is 0.253 e. The van der Waals surface area contributed by atoms with E-state index in [0.717, 1.165) is 56.2 Å². The summed E-state index contributed by atoms with van der Waals surface area (Å²) < 4.78 is 6.13. The van der Waals surface area contributed by atoms with Gasteiger partial charge in [-0.2, -0.15) is 5.10 Å². The lowest BCUT2D eigenvalue weighted by molar-refractivity contribution is 0.0270. The van der Waals surface area contributed by atoms with E-state index in [1.807, 2.05) is 36.1 Å². The van der Waals surface area contributed by atoms with Gasteiger partial charge in [-0.25, -0.2) is 9.97 Å².